The number of hydrogen-bond donors (Lipinski definition) is 2. The van der Waals surface area contributed by atoms with Gasteiger partial charge in [-0.2, -0.15) is 0 Å². The molecule has 4 rings (SSSR count). The van der Waals surface area contributed by atoms with Crippen molar-refractivity contribution in [2.45, 2.75) is 91.6 Å². The van der Waals surface area contributed by atoms with E-state index < -0.39 is 38.9 Å². The van der Waals surface area contributed by atoms with E-state index in [0.29, 0.717) is 11.1 Å². The molecule has 0 saturated heterocycles. The molecule has 3 aromatic heterocycles. The molecule has 0 aromatic carbocycles. The molecule has 2 N–H and O–H groups in total. The number of nitrogens with zero attached hydrogens (tertiary/aromatic N) is 4. The topological polar surface area (TPSA) is 131 Å². The van der Waals surface area contributed by atoms with Gasteiger partial charge in [-0.25, -0.2) is 0 Å². The van der Waals surface area contributed by atoms with Crippen LogP contribution in [0.3, 0.4) is 0 Å². The van der Waals surface area contributed by atoms with E-state index in [0.717, 1.165) is 35.0 Å². The van der Waals surface area contributed by atoms with Gasteiger partial charge in [0.25, 0.3) is 0 Å². The number of anilines is 1. The van der Waals surface area contributed by atoms with E-state index in [-0.39, 0.29) is 33.4 Å². The Hall–Kier alpha value is -2.38. The maximum atomic E-state index is 11.7. The Morgan fingerprint density at radius 3 is 2.26 bits per heavy atom. The normalized spacial score (nSPS) is 18.9. The SMILES string of the molecule is CC(C)(C)[Si](C)(C)O[C@H]1CC[C@H](n2cc(-c3ncc(N(C(=O)O)C(=O)O)c4o[c]([Sn]([CH3])([CH3])[CH3])cc34)cn2)CC1. The molecule has 0 unspecified atom stereocenters. The molecule has 0 spiro atoms. The first-order valence-electron chi connectivity index (χ1n) is 13.4. The molecule has 1 saturated carbocycles. The summed E-state index contributed by atoms with van der Waals surface area (Å²) in [5.74, 6) is 0. The zero-order chi connectivity index (χ0) is 28.9. The Bertz CT molecular complexity index is 1370. The summed E-state index contributed by atoms with van der Waals surface area (Å²) < 4.78 is 15.6. The van der Waals surface area contributed by atoms with Crippen LogP contribution in [0, 0.1) is 0 Å². The van der Waals surface area contributed by atoms with Gasteiger partial charge in [-0.3, -0.25) is 0 Å². The van der Waals surface area contributed by atoms with E-state index >= 15 is 0 Å². The minimum absolute atomic E-state index is 0.108. The van der Waals surface area contributed by atoms with Gasteiger partial charge < -0.3 is 0 Å². The van der Waals surface area contributed by atoms with Crippen LogP contribution in [0.2, 0.25) is 33.0 Å². The van der Waals surface area contributed by atoms with Crippen LogP contribution in [0.5, 0.6) is 0 Å². The first-order chi connectivity index (χ1) is 18.0. The molecule has 0 radical (unpaired) electrons. The summed E-state index contributed by atoms with van der Waals surface area (Å²) in [6.07, 6.45) is 5.98. The molecule has 212 valence electrons. The average molecular weight is 663 g/mol. The number of aromatic nitrogens is 3. The second kappa shape index (κ2) is 10.5. The second-order valence-corrected chi connectivity index (χ2v) is 32.0. The Balaban J connectivity index is 1.62. The molecule has 2 amide bonds. The van der Waals surface area contributed by atoms with Crippen LogP contribution in [-0.4, -0.2) is 70.0 Å². The third-order valence-electron chi connectivity index (χ3n) is 8.06. The van der Waals surface area contributed by atoms with Crippen molar-refractivity contribution in [3.8, 4) is 11.3 Å². The van der Waals surface area contributed by atoms with E-state index in [1.807, 2.05) is 16.9 Å². The van der Waals surface area contributed by atoms with Crippen molar-refractivity contribution in [1.29, 1.82) is 0 Å². The molecule has 12 heteroatoms. The number of amides is 2. The average Bonchev–Trinajstić information content (AvgIpc) is 3.46. The molecule has 3 heterocycles. The van der Waals surface area contributed by atoms with Crippen LogP contribution >= 0.6 is 0 Å². The van der Waals surface area contributed by atoms with Crippen molar-refractivity contribution < 1.29 is 28.6 Å². The Morgan fingerprint density at radius 2 is 1.72 bits per heavy atom. The quantitative estimate of drug-likeness (QED) is 0.273. The third kappa shape index (κ3) is 6.04. The first-order valence-corrected chi connectivity index (χ1v) is 26.3. The molecule has 1 aliphatic carbocycles. The molecule has 1 aliphatic rings. The number of furan rings is 1. The fraction of sp³-hybridized carbons (Fsp3) is 0.556. The molecular formula is C27H40N4O6SiSn. The number of carbonyl (C=O) groups is 2. The van der Waals surface area contributed by atoms with Crippen LogP contribution in [0.25, 0.3) is 22.2 Å². The van der Waals surface area contributed by atoms with Gasteiger partial charge in [-0.05, 0) is 18.1 Å². The van der Waals surface area contributed by atoms with Crippen molar-refractivity contribution in [2.75, 3.05) is 4.90 Å². The number of fused-ring (bicyclic) bond motifs is 1. The summed E-state index contributed by atoms with van der Waals surface area (Å²) >= 11 is -2.75. The van der Waals surface area contributed by atoms with Crippen molar-refractivity contribution in [3.63, 3.8) is 0 Å². The Morgan fingerprint density at radius 1 is 1.10 bits per heavy atom. The predicted molar refractivity (Wildman–Crippen MR) is 156 cm³/mol. The van der Waals surface area contributed by atoms with E-state index in [2.05, 4.69) is 58.8 Å². The predicted octanol–water partition coefficient (Wildman–Crippen LogP) is 6.90. The van der Waals surface area contributed by atoms with Gasteiger partial charge in [0.15, 0.2) is 8.32 Å². The van der Waals surface area contributed by atoms with Gasteiger partial charge in [0, 0.05) is 0 Å². The monoisotopic (exact) mass is 664 g/mol. The minimum atomic E-state index is -2.75. The fourth-order valence-electron chi connectivity index (χ4n) is 4.74. The summed E-state index contributed by atoms with van der Waals surface area (Å²) in [6, 6.07) is 2.16. The molecule has 3 aromatic rings. The molecule has 10 nitrogen and oxygen atoms in total. The molecule has 0 atom stereocenters. The standard InChI is InChI=1S/C24H31N4O6Si.3CH3.Sn/c1-24(2,3)35(4,5)34-17-8-6-16(7-9-17)27-14-15(12-26-27)20-18-10-11-33-21(18)19(13-25-20)28(22(29)30)23(31)32;;;;/h10,12-14,16-17H,6-9H2,1-5H3,(H,29,30)(H,31,32);3*1H3;/t16-,17-;;;;. The van der Waals surface area contributed by atoms with Crippen LogP contribution in [-0.2, 0) is 4.43 Å². The van der Waals surface area contributed by atoms with E-state index in [1.165, 1.54) is 6.20 Å². The van der Waals surface area contributed by atoms with Gasteiger partial charge in [-0.15, -0.1) is 0 Å². The number of rotatable bonds is 6. The van der Waals surface area contributed by atoms with Crippen molar-refractivity contribution >= 4 is 59.3 Å². The zero-order valence-electron chi connectivity index (χ0n) is 24.1. The zero-order valence-corrected chi connectivity index (χ0v) is 28.0. The summed E-state index contributed by atoms with van der Waals surface area (Å²) in [7, 11) is -1.81. The van der Waals surface area contributed by atoms with Gasteiger partial charge >= 0.3 is 188 Å². The summed E-state index contributed by atoms with van der Waals surface area (Å²) in [5.41, 5.74) is 1.47. The summed E-state index contributed by atoms with van der Waals surface area (Å²) in [6.45, 7) is 11.4. The van der Waals surface area contributed by atoms with Gasteiger partial charge in [0.1, 0.15) is 0 Å². The number of pyridine rings is 1. The second-order valence-electron chi connectivity index (χ2n) is 13.0. The number of imide groups is 1. The first kappa shape index (κ1) is 29.6. The van der Waals surface area contributed by atoms with Crippen LogP contribution in [0.1, 0.15) is 52.5 Å². The van der Waals surface area contributed by atoms with E-state index in [9.17, 15) is 19.8 Å². The maximum absolute atomic E-state index is 11.7. The molecule has 0 bridgehead atoms. The summed E-state index contributed by atoms with van der Waals surface area (Å²) in [4.78, 5) is 34.8. The van der Waals surface area contributed by atoms with Crippen LogP contribution in [0.15, 0.2) is 29.1 Å². The van der Waals surface area contributed by atoms with Crippen molar-refractivity contribution in [2.24, 2.45) is 0 Å². The third-order valence-corrected chi connectivity index (χ3v) is 17.5. The summed E-state index contributed by atoms with van der Waals surface area (Å²) in [5, 5.41) is 24.5. The van der Waals surface area contributed by atoms with Gasteiger partial charge in [-0.1, -0.05) is 20.8 Å². The Kier molecular flexibility index (Phi) is 8.00. The molecular weight excluding hydrogens is 623 g/mol. The van der Waals surface area contributed by atoms with E-state index in [1.54, 1.807) is 6.20 Å². The van der Waals surface area contributed by atoms with Crippen molar-refractivity contribution in [1.82, 2.24) is 14.8 Å². The van der Waals surface area contributed by atoms with Crippen LogP contribution < -0.4 is 8.68 Å². The fourth-order valence-corrected chi connectivity index (χ4v) is 8.97. The van der Waals surface area contributed by atoms with Gasteiger partial charge in [0.05, 0.1) is 0 Å². The molecule has 39 heavy (non-hydrogen) atoms. The Labute approximate surface area is 234 Å². The van der Waals surface area contributed by atoms with Crippen molar-refractivity contribution in [3.05, 3.63) is 24.7 Å². The molecule has 1 fully saturated rings. The van der Waals surface area contributed by atoms with E-state index in [4.69, 9.17) is 8.84 Å². The van der Waals surface area contributed by atoms with Crippen LogP contribution in [0.4, 0.5) is 15.3 Å². The number of hydrogen-bond acceptors (Lipinski definition) is 6. The molecule has 0 aliphatic heterocycles. The number of carboxylic acid groups (broad SMARTS) is 2. The van der Waals surface area contributed by atoms with Gasteiger partial charge in [0.2, 0.25) is 0 Å².